The van der Waals surface area contributed by atoms with Gasteiger partial charge in [0.05, 0.1) is 5.69 Å². The van der Waals surface area contributed by atoms with Gasteiger partial charge in [0, 0.05) is 31.2 Å². The molecule has 0 radical (unpaired) electrons. The molecular formula is C12H21N3O3S. The normalized spacial score (nSPS) is 25.3. The third-order valence-electron chi connectivity index (χ3n) is 3.53. The monoisotopic (exact) mass is 287 g/mol. The van der Waals surface area contributed by atoms with E-state index in [2.05, 4.69) is 40.1 Å². The molecule has 6 nitrogen and oxygen atoms in total. The fourth-order valence-corrected chi connectivity index (χ4v) is 3.75. The topological polar surface area (TPSA) is 75.4 Å². The van der Waals surface area contributed by atoms with Crippen LogP contribution in [-0.4, -0.2) is 43.6 Å². The quantitative estimate of drug-likeness (QED) is 0.868. The van der Waals surface area contributed by atoms with Crippen LogP contribution in [0.1, 0.15) is 26.5 Å². The summed E-state index contributed by atoms with van der Waals surface area (Å²) in [7, 11) is -3.37. The third-order valence-corrected chi connectivity index (χ3v) is 4.87. The van der Waals surface area contributed by atoms with Crippen molar-refractivity contribution in [2.45, 2.75) is 38.6 Å². The molecule has 2 heterocycles. The van der Waals surface area contributed by atoms with E-state index in [1.165, 1.54) is 6.26 Å². The molecule has 2 rings (SSSR count). The van der Waals surface area contributed by atoms with Crippen LogP contribution in [0, 0.1) is 5.92 Å². The van der Waals surface area contributed by atoms with Gasteiger partial charge in [-0.25, -0.2) is 13.1 Å². The number of nitrogens with zero attached hydrogens (tertiary/aromatic N) is 2. The number of likely N-dealkylation sites (tertiary alicyclic amines) is 1. The Morgan fingerprint density at radius 2 is 2.26 bits per heavy atom. The molecule has 1 saturated heterocycles. The molecule has 0 unspecified atom stereocenters. The zero-order valence-corrected chi connectivity index (χ0v) is 12.4. The highest BCUT2D eigenvalue weighted by Crippen LogP contribution is 2.19. The lowest BCUT2D eigenvalue weighted by Crippen LogP contribution is -2.41. The van der Waals surface area contributed by atoms with E-state index in [4.69, 9.17) is 0 Å². The summed E-state index contributed by atoms with van der Waals surface area (Å²) in [4.78, 5) is 2.29. The van der Waals surface area contributed by atoms with E-state index >= 15 is 0 Å². The molecule has 1 aliphatic rings. The zero-order chi connectivity index (χ0) is 14.0. The summed E-state index contributed by atoms with van der Waals surface area (Å²) in [5.41, 5.74) is 0.430. The van der Waals surface area contributed by atoms with Crippen molar-refractivity contribution >= 4 is 10.0 Å². The van der Waals surface area contributed by atoms with E-state index in [0.29, 0.717) is 17.7 Å². The van der Waals surface area contributed by atoms with Crippen LogP contribution in [0.4, 0.5) is 0 Å². The fourth-order valence-electron chi connectivity index (χ4n) is 2.36. The Morgan fingerprint density at radius 3 is 2.79 bits per heavy atom. The van der Waals surface area contributed by atoms with E-state index in [1.54, 1.807) is 6.07 Å². The molecule has 7 heteroatoms. The molecule has 0 saturated carbocycles. The summed E-state index contributed by atoms with van der Waals surface area (Å²) >= 11 is 0. The average molecular weight is 287 g/mol. The molecule has 1 aromatic heterocycles. The van der Waals surface area contributed by atoms with Crippen LogP contribution in [-0.2, 0) is 15.8 Å². The lowest BCUT2D eigenvalue weighted by Gasteiger charge is -2.20. The van der Waals surface area contributed by atoms with E-state index in [9.17, 15) is 8.42 Å². The molecule has 0 aliphatic carbocycles. The van der Waals surface area contributed by atoms with E-state index in [1.807, 2.05) is 0 Å². The van der Waals surface area contributed by atoms with Gasteiger partial charge >= 0.3 is 0 Å². The van der Waals surface area contributed by atoms with Gasteiger partial charge in [0.2, 0.25) is 10.0 Å². The predicted octanol–water partition coefficient (Wildman–Crippen LogP) is 0.823. The van der Waals surface area contributed by atoms with Crippen LogP contribution in [0.2, 0.25) is 0 Å². The number of sulfonamides is 1. The van der Waals surface area contributed by atoms with Crippen molar-refractivity contribution in [2.75, 3.05) is 13.1 Å². The van der Waals surface area contributed by atoms with Gasteiger partial charge in [-0.3, -0.25) is 4.90 Å². The first-order valence-electron chi connectivity index (χ1n) is 6.50. The van der Waals surface area contributed by atoms with Crippen LogP contribution in [0.15, 0.2) is 16.9 Å². The smallest absolute Gasteiger partial charge is 0.217 e. The molecule has 1 aliphatic heterocycles. The van der Waals surface area contributed by atoms with Crippen molar-refractivity contribution in [1.82, 2.24) is 14.8 Å². The Kier molecular flexibility index (Phi) is 4.27. The summed E-state index contributed by atoms with van der Waals surface area (Å²) in [5, 5.41) is 3.63. The maximum Gasteiger partial charge on any atom is 0.217 e. The standard InChI is InChI=1S/C12H21N3O3S/c1-9(2)15-6-10(3)12(7-15)14-19(16,17)8-11-4-5-18-13-11/h4-5,9-10,12,14H,6-8H2,1-3H3/t10-,12+/m1/s1. The highest BCUT2D eigenvalue weighted by molar-refractivity contribution is 7.88. The van der Waals surface area contributed by atoms with Gasteiger partial charge in [0.25, 0.3) is 0 Å². The van der Waals surface area contributed by atoms with E-state index < -0.39 is 10.0 Å². The van der Waals surface area contributed by atoms with Crippen LogP contribution in [0.3, 0.4) is 0 Å². The SMILES string of the molecule is CC(C)N1C[C@@H](C)[C@@H](NS(=O)(=O)Cc2ccon2)C1. The molecule has 0 spiro atoms. The van der Waals surface area contributed by atoms with Crippen LogP contribution < -0.4 is 4.72 Å². The first kappa shape index (κ1) is 14.5. The van der Waals surface area contributed by atoms with Crippen molar-refractivity contribution in [1.29, 1.82) is 0 Å². The fraction of sp³-hybridized carbons (Fsp3) is 0.750. The zero-order valence-electron chi connectivity index (χ0n) is 11.5. The molecule has 19 heavy (non-hydrogen) atoms. The van der Waals surface area contributed by atoms with Crippen molar-refractivity contribution < 1.29 is 12.9 Å². The molecule has 0 aromatic carbocycles. The summed E-state index contributed by atoms with van der Waals surface area (Å²) in [6.45, 7) is 8.01. The van der Waals surface area contributed by atoms with Gasteiger partial charge in [0.1, 0.15) is 12.0 Å². The van der Waals surface area contributed by atoms with Gasteiger partial charge in [-0.05, 0) is 19.8 Å². The second kappa shape index (κ2) is 5.60. The number of hydrogen-bond donors (Lipinski definition) is 1. The van der Waals surface area contributed by atoms with Gasteiger partial charge in [-0.1, -0.05) is 12.1 Å². The number of hydrogen-bond acceptors (Lipinski definition) is 5. The predicted molar refractivity (Wildman–Crippen MR) is 71.9 cm³/mol. The summed E-state index contributed by atoms with van der Waals surface area (Å²) in [5.74, 6) is 0.184. The average Bonchev–Trinajstić information content (AvgIpc) is 2.88. The second-order valence-electron chi connectivity index (χ2n) is 5.50. The number of nitrogens with one attached hydrogen (secondary N) is 1. The molecule has 0 bridgehead atoms. The minimum atomic E-state index is -3.37. The lowest BCUT2D eigenvalue weighted by molar-refractivity contribution is 0.265. The van der Waals surface area contributed by atoms with Gasteiger partial charge in [-0.15, -0.1) is 0 Å². The molecule has 1 fully saturated rings. The van der Waals surface area contributed by atoms with Crippen LogP contribution >= 0.6 is 0 Å². The van der Waals surface area contributed by atoms with Gasteiger partial charge < -0.3 is 4.52 Å². The minimum Gasteiger partial charge on any atom is -0.364 e. The Morgan fingerprint density at radius 1 is 1.53 bits per heavy atom. The van der Waals surface area contributed by atoms with Gasteiger partial charge in [-0.2, -0.15) is 0 Å². The minimum absolute atomic E-state index is 0.0284. The maximum atomic E-state index is 12.1. The van der Waals surface area contributed by atoms with Crippen molar-refractivity contribution in [3.05, 3.63) is 18.0 Å². The summed E-state index contributed by atoms with van der Waals surface area (Å²) in [6.07, 6.45) is 1.38. The maximum absolute atomic E-state index is 12.1. The first-order chi connectivity index (χ1) is 8.87. The third kappa shape index (κ3) is 3.77. The Bertz CT molecular complexity index is 498. The van der Waals surface area contributed by atoms with Crippen molar-refractivity contribution in [3.63, 3.8) is 0 Å². The Balaban J connectivity index is 1.97. The van der Waals surface area contributed by atoms with Crippen LogP contribution in [0.5, 0.6) is 0 Å². The lowest BCUT2D eigenvalue weighted by atomic mass is 10.1. The largest absolute Gasteiger partial charge is 0.364 e. The summed E-state index contributed by atoms with van der Waals surface area (Å²) in [6, 6.07) is 1.98. The van der Waals surface area contributed by atoms with Crippen molar-refractivity contribution in [3.8, 4) is 0 Å². The number of aromatic nitrogens is 1. The molecular weight excluding hydrogens is 266 g/mol. The molecule has 1 N–H and O–H groups in total. The molecule has 1 aromatic rings. The number of rotatable bonds is 5. The van der Waals surface area contributed by atoms with Crippen molar-refractivity contribution in [2.24, 2.45) is 5.92 Å². The first-order valence-corrected chi connectivity index (χ1v) is 8.16. The highest BCUT2D eigenvalue weighted by atomic mass is 32.2. The van der Waals surface area contributed by atoms with E-state index in [-0.39, 0.29) is 11.8 Å². The van der Waals surface area contributed by atoms with E-state index in [0.717, 1.165) is 13.1 Å². The molecule has 108 valence electrons. The Hall–Kier alpha value is -0.920. The Labute approximate surface area is 114 Å². The van der Waals surface area contributed by atoms with Gasteiger partial charge in [0.15, 0.2) is 0 Å². The molecule has 2 atom stereocenters. The molecule has 0 amide bonds. The summed E-state index contributed by atoms with van der Waals surface area (Å²) < 4.78 is 31.6. The second-order valence-corrected chi connectivity index (χ2v) is 7.25. The van der Waals surface area contributed by atoms with Crippen LogP contribution in [0.25, 0.3) is 0 Å². The highest BCUT2D eigenvalue weighted by Gasteiger charge is 2.33.